The standard InChI is InChI=1S/C22H13BrF2N4O2/c1-12-21(11-28)19(29)31-22(12,13-2-4-14(23)5-3-13)30-18(20(21,9-26)10-27)16-7-6-15(24)8-17(16)25/h2-8,12,18,29H,1H3. The van der Waals surface area contributed by atoms with Crippen molar-refractivity contribution in [3.63, 3.8) is 0 Å². The maximum Gasteiger partial charge on any atom is 0.244 e. The fraction of sp³-hybridized carbons (Fsp3) is 0.273. The van der Waals surface area contributed by atoms with Crippen molar-refractivity contribution in [1.82, 2.24) is 0 Å². The van der Waals surface area contributed by atoms with Crippen molar-refractivity contribution in [3.8, 4) is 18.2 Å². The molecule has 2 aromatic rings. The largest absolute Gasteiger partial charge is 0.443 e. The van der Waals surface area contributed by atoms with E-state index in [4.69, 9.17) is 14.9 Å². The van der Waals surface area contributed by atoms with Crippen molar-refractivity contribution in [2.75, 3.05) is 0 Å². The molecule has 2 fully saturated rings. The van der Waals surface area contributed by atoms with Crippen molar-refractivity contribution < 1.29 is 18.3 Å². The van der Waals surface area contributed by atoms with Gasteiger partial charge in [0.15, 0.2) is 5.41 Å². The number of hydrogen-bond donors (Lipinski definition) is 1. The first-order valence-electron chi connectivity index (χ1n) is 9.13. The lowest BCUT2D eigenvalue weighted by Gasteiger charge is -2.48. The summed E-state index contributed by atoms with van der Waals surface area (Å²) in [5.74, 6) is -5.22. The van der Waals surface area contributed by atoms with Gasteiger partial charge in [-0.3, -0.25) is 5.41 Å². The van der Waals surface area contributed by atoms with Crippen LogP contribution in [0, 0.1) is 67.8 Å². The van der Waals surface area contributed by atoms with Crippen LogP contribution in [0.2, 0.25) is 0 Å². The summed E-state index contributed by atoms with van der Waals surface area (Å²) in [6, 6.07) is 14.9. The van der Waals surface area contributed by atoms with E-state index in [1.807, 2.05) is 18.2 Å². The molecule has 0 aromatic heterocycles. The average Bonchev–Trinajstić information content (AvgIpc) is 2.91. The van der Waals surface area contributed by atoms with Gasteiger partial charge in [-0.15, -0.1) is 0 Å². The Hall–Kier alpha value is -3.32. The summed E-state index contributed by atoms with van der Waals surface area (Å²) in [5.41, 5.74) is -4.25. The van der Waals surface area contributed by atoms with Crippen LogP contribution in [-0.4, -0.2) is 5.90 Å². The number of hydrogen-bond acceptors (Lipinski definition) is 6. The fourth-order valence-electron chi connectivity index (χ4n) is 4.54. The normalized spacial score (nSPS) is 30.5. The van der Waals surface area contributed by atoms with Crippen LogP contribution in [0.1, 0.15) is 24.2 Å². The minimum atomic E-state index is -2.33. The first kappa shape index (κ1) is 20.9. The van der Waals surface area contributed by atoms with E-state index in [0.717, 1.165) is 16.6 Å². The Bertz CT molecular complexity index is 1220. The van der Waals surface area contributed by atoms with Gasteiger partial charge in [-0.25, -0.2) is 8.78 Å². The predicted molar refractivity (Wildman–Crippen MR) is 106 cm³/mol. The third-order valence-electron chi connectivity index (χ3n) is 6.16. The predicted octanol–water partition coefficient (Wildman–Crippen LogP) is 4.84. The second-order valence-corrected chi connectivity index (χ2v) is 8.36. The second kappa shape index (κ2) is 6.85. The molecular weight excluding hydrogens is 470 g/mol. The van der Waals surface area contributed by atoms with E-state index in [1.54, 1.807) is 31.2 Å². The molecule has 2 heterocycles. The lowest BCUT2D eigenvalue weighted by Crippen LogP contribution is -2.57. The van der Waals surface area contributed by atoms with E-state index in [1.165, 1.54) is 0 Å². The number of rotatable bonds is 2. The molecule has 4 unspecified atom stereocenters. The summed E-state index contributed by atoms with van der Waals surface area (Å²) in [7, 11) is 0. The second-order valence-electron chi connectivity index (χ2n) is 7.44. The van der Waals surface area contributed by atoms with Gasteiger partial charge in [0, 0.05) is 21.7 Å². The van der Waals surface area contributed by atoms with Gasteiger partial charge in [-0.1, -0.05) is 41.1 Å². The Morgan fingerprint density at radius 2 is 1.68 bits per heavy atom. The third-order valence-corrected chi connectivity index (χ3v) is 6.69. The molecular formula is C22H13BrF2N4O2. The topological polar surface area (TPSA) is 114 Å². The minimum Gasteiger partial charge on any atom is -0.443 e. The zero-order valence-corrected chi connectivity index (χ0v) is 17.6. The summed E-state index contributed by atoms with van der Waals surface area (Å²) in [6.07, 6.45) is -1.63. The Balaban J connectivity index is 2.06. The van der Waals surface area contributed by atoms with Crippen LogP contribution in [0.5, 0.6) is 0 Å². The van der Waals surface area contributed by atoms with Gasteiger partial charge < -0.3 is 9.47 Å². The first-order chi connectivity index (χ1) is 14.7. The SMILES string of the molecule is CC1C2(c3ccc(Br)cc3)OC(=N)C1(C#N)C(C#N)(C#N)C(c1ccc(F)cc1F)O2. The Kier molecular flexibility index (Phi) is 4.63. The van der Waals surface area contributed by atoms with Gasteiger partial charge in [0.1, 0.15) is 17.7 Å². The lowest BCUT2D eigenvalue weighted by atomic mass is 9.53. The number of nitrogens with one attached hydrogen (secondary N) is 1. The van der Waals surface area contributed by atoms with Crippen LogP contribution in [0.4, 0.5) is 8.78 Å². The summed E-state index contributed by atoms with van der Waals surface area (Å²) < 4.78 is 41.1. The number of halogens is 3. The number of fused-ring (bicyclic) bond motifs is 2. The highest BCUT2D eigenvalue weighted by atomic mass is 79.9. The fourth-order valence-corrected chi connectivity index (χ4v) is 4.81. The molecule has 2 bridgehead atoms. The molecule has 2 aromatic carbocycles. The molecule has 0 saturated carbocycles. The van der Waals surface area contributed by atoms with Crippen LogP contribution < -0.4 is 0 Å². The maximum absolute atomic E-state index is 14.8. The van der Waals surface area contributed by atoms with Gasteiger partial charge in [0.05, 0.1) is 24.1 Å². The van der Waals surface area contributed by atoms with Gasteiger partial charge in [-0.2, -0.15) is 15.8 Å². The van der Waals surface area contributed by atoms with Gasteiger partial charge in [-0.05, 0) is 18.2 Å². The van der Waals surface area contributed by atoms with E-state index in [-0.39, 0.29) is 5.56 Å². The van der Waals surface area contributed by atoms with E-state index in [0.29, 0.717) is 11.6 Å². The molecule has 2 saturated heterocycles. The monoisotopic (exact) mass is 482 g/mol. The quantitative estimate of drug-likeness (QED) is 0.657. The van der Waals surface area contributed by atoms with Crippen LogP contribution in [0.3, 0.4) is 0 Å². The number of benzene rings is 2. The number of ether oxygens (including phenoxy) is 2. The van der Waals surface area contributed by atoms with Crippen molar-refractivity contribution >= 4 is 21.8 Å². The molecule has 0 aliphatic carbocycles. The molecule has 1 N–H and O–H groups in total. The molecule has 2 aliphatic heterocycles. The minimum absolute atomic E-state index is 0.282. The van der Waals surface area contributed by atoms with Gasteiger partial charge in [0.25, 0.3) is 0 Å². The highest BCUT2D eigenvalue weighted by molar-refractivity contribution is 9.10. The van der Waals surface area contributed by atoms with Crippen molar-refractivity contribution in [1.29, 1.82) is 21.2 Å². The highest BCUT2D eigenvalue weighted by Gasteiger charge is 2.79. The number of nitrogens with zero attached hydrogens (tertiary/aromatic N) is 3. The zero-order valence-electron chi connectivity index (χ0n) is 16.0. The summed E-state index contributed by atoms with van der Waals surface area (Å²) >= 11 is 3.33. The molecule has 0 radical (unpaired) electrons. The Labute approximate surface area is 184 Å². The molecule has 31 heavy (non-hydrogen) atoms. The molecule has 6 nitrogen and oxygen atoms in total. The van der Waals surface area contributed by atoms with E-state index in [2.05, 4.69) is 15.9 Å². The van der Waals surface area contributed by atoms with Crippen LogP contribution >= 0.6 is 15.9 Å². The molecule has 154 valence electrons. The lowest BCUT2D eigenvalue weighted by molar-refractivity contribution is -0.289. The molecule has 2 aliphatic rings. The first-order valence-corrected chi connectivity index (χ1v) is 9.92. The maximum atomic E-state index is 14.8. The van der Waals surface area contributed by atoms with Crippen LogP contribution in [-0.2, 0) is 15.3 Å². The van der Waals surface area contributed by atoms with Crippen molar-refractivity contribution in [2.45, 2.75) is 18.8 Å². The van der Waals surface area contributed by atoms with Crippen molar-refractivity contribution in [2.24, 2.45) is 16.7 Å². The number of nitriles is 3. The van der Waals surface area contributed by atoms with E-state index in [9.17, 15) is 24.6 Å². The van der Waals surface area contributed by atoms with Gasteiger partial charge >= 0.3 is 0 Å². The van der Waals surface area contributed by atoms with E-state index < -0.39 is 46.2 Å². The molecule has 0 amide bonds. The van der Waals surface area contributed by atoms with Crippen LogP contribution in [0.25, 0.3) is 0 Å². The van der Waals surface area contributed by atoms with Crippen molar-refractivity contribution in [3.05, 3.63) is 69.7 Å². The Morgan fingerprint density at radius 3 is 2.23 bits per heavy atom. The third kappa shape index (κ3) is 2.44. The van der Waals surface area contributed by atoms with Crippen LogP contribution in [0.15, 0.2) is 46.9 Å². The summed E-state index contributed by atoms with van der Waals surface area (Å²) in [5, 5.41) is 38.9. The highest BCUT2D eigenvalue weighted by Crippen LogP contribution is 2.69. The zero-order chi connectivity index (χ0) is 22.6. The molecule has 0 spiro atoms. The summed E-state index contributed by atoms with van der Waals surface area (Å²) in [4.78, 5) is 0. The Morgan fingerprint density at radius 1 is 1.03 bits per heavy atom. The summed E-state index contributed by atoms with van der Waals surface area (Å²) in [6.45, 7) is 1.55. The average molecular weight is 483 g/mol. The van der Waals surface area contributed by atoms with Gasteiger partial charge in [0.2, 0.25) is 17.1 Å². The van der Waals surface area contributed by atoms with E-state index >= 15 is 0 Å². The molecule has 4 rings (SSSR count). The smallest absolute Gasteiger partial charge is 0.244 e. The molecule has 4 atom stereocenters. The molecule has 9 heteroatoms.